The maximum atomic E-state index is 10.9. The van der Waals surface area contributed by atoms with Gasteiger partial charge in [-0.25, -0.2) is 0 Å². The third-order valence-electron chi connectivity index (χ3n) is 3.47. The predicted octanol–water partition coefficient (Wildman–Crippen LogP) is 1.64. The molecule has 0 aromatic heterocycles. The summed E-state index contributed by atoms with van der Waals surface area (Å²) in [4.78, 5) is 2.10. The van der Waals surface area contributed by atoms with E-state index in [4.69, 9.17) is 0 Å². The number of benzene rings is 1. The molecular formula is C13H22Cl2N2O. The van der Waals surface area contributed by atoms with Crippen molar-refractivity contribution in [1.29, 1.82) is 0 Å². The van der Waals surface area contributed by atoms with Gasteiger partial charge in [0.1, 0.15) is 5.60 Å². The number of aliphatic hydroxyl groups is 1. The molecule has 1 aliphatic rings. The van der Waals surface area contributed by atoms with Crippen LogP contribution in [-0.4, -0.2) is 43.2 Å². The van der Waals surface area contributed by atoms with E-state index in [1.54, 1.807) is 0 Å². The molecule has 0 amide bonds. The summed E-state index contributed by atoms with van der Waals surface area (Å²) in [5.41, 5.74) is 0.297. The van der Waals surface area contributed by atoms with Crippen LogP contribution < -0.4 is 5.32 Å². The lowest BCUT2D eigenvalue weighted by atomic mass is 9.80. The van der Waals surface area contributed by atoms with E-state index in [0.29, 0.717) is 0 Å². The van der Waals surface area contributed by atoms with Crippen molar-refractivity contribution in [2.24, 2.45) is 0 Å². The SMILES string of the molecule is CN(C)[C@@H]1CNCC[C@]1(O)c1ccccc1.Cl.Cl. The second kappa shape index (κ2) is 7.31. The molecule has 2 rings (SSSR count). The van der Waals surface area contributed by atoms with E-state index in [2.05, 4.69) is 10.2 Å². The molecule has 5 heteroatoms. The molecule has 1 heterocycles. The molecule has 0 spiro atoms. The highest BCUT2D eigenvalue weighted by atomic mass is 35.5. The lowest BCUT2D eigenvalue weighted by Gasteiger charge is -2.44. The topological polar surface area (TPSA) is 35.5 Å². The van der Waals surface area contributed by atoms with Crippen molar-refractivity contribution in [1.82, 2.24) is 10.2 Å². The third-order valence-corrected chi connectivity index (χ3v) is 3.47. The van der Waals surface area contributed by atoms with Crippen LogP contribution in [0.5, 0.6) is 0 Å². The first-order valence-electron chi connectivity index (χ1n) is 5.79. The van der Waals surface area contributed by atoms with Crippen molar-refractivity contribution >= 4 is 24.8 Å². The highest BCUT2D eigenvalue weighted by Gasteiger charge is 2.41. The van der Waals surface area contributed by atoms with Gasteiger partial charge in [-0.15, -0.1) is 24.8 Å². The quantitative estimate of drug-likeness (QED) is 0.870. The Bertz CT molecular complexity index is 348. The second-order valence-electron chi connectivity index (χ2n) is 4.72. The monoisotopic (exact) mass is 292 g/mol. The molecule has 0 saturated carbocycles. The Hall–Kier alpha value is -0.320. The average Bonchev–Trinajstić information content (AvgIpc) is 2.30. The highest BCUT2D eigenvalue weighted by Crippen LogP contribution is 2.32. The summed E-state index contributed by atoms with van der Waals surface area (Å²) in [5.74, 6) is 0. The number of nitrogens with one attached hydrogen (secondary N) is 1. The van der Waals surface area contributed by atoms with Crippen LogP contribution in [0.1, 0.15) is 12.0 Å². The van der Waals surface area contributed by atoms with E-state index in [1.807, 2.05) is 44.4 Å². The van der Waals surface area contributed by atoms with Gasteiger partial charge in [-0.1, -0.05) is 30.3 Å². The molecule has 0 unspecified atom stereocenters. The molecule has 1 saturated heterocycles. The standard InChI is InChI=1S/C13H20N2O.2ClH/c1-15(2)12-10-14-9-8-13(12,16)11-6-4-3-5-7-11;;/h3-7,12,14,16H,8-10H2,1-2H3;2*1H/t12-,13+;;/m1../s1. The van der Waals surface area contributed by atoms with Crippen LogP contribution in [0.15, 0.2) is 30.3 Å². The Kier molecular flexibility index (Phi) is 7.18. The Balaban J connectivity index is 0.00000144. The number of nitrogens with zero attached hydrogens (tertiary/aromatic N) is 1. The van der Waals surface area contributed by atoms with Crippen molar-refractivity contribution < 1.29 is 5.11 Å². The van der Waals surface area contributed by atoms with Crippen molar-refractivity contribution in [2.75, 3.05) is 27.2 Å². The number of hydrogen-bond acceptors (Lipinski definition) is 3. The molecule has 1 aromatic rings. The minimum atomic E-state index is -0.726. The van der Waals surface area contributed by atoms with Gasteiger partial charge in [0.25, 0.3) is 0 Å². The van der Waals surface area contributed by atoms with E-state index in [1.165, 1.54) is 0 Å². The largest absolute Gasteiger partial charge is 0.383 e. The van der Waals surface area contributed by atoms with Crippen molar-refractivity contribution in [3.63, 3.8) is 0 Å². The summed E-state index contributed by atoms with van der Waals surface area (Å²) >= 11 is 0. The van der Waals surface area contributed by atoms with Crippen molar-refractivity contribution in [3.8, 4) is 0 Å². The molecule has 3 nitrogen and oxygen atoms in total. The number of piperidine rings is 1. The number of halogens is 2. The molecular weight excluding hydrogens is 271 g/mol. The zero-order valence-electron chi connectivity index (χ0n) is 10.8. The summed E-state index contributed by atoms with van der Waals surface area (Å²) in [6.07, 6.45) is 0.764. The Labute approximate surface area is 121 Å². The van der Waals surface area contributed by atoms with Gasteiger partial charge in [-0.05, 0) is 32.6 Å². The molecule has 0 bridgehead atoms. The summed E-state index contributed by atoms with van der Waals surface area (Å²) in [6.45, 7) is 1.70. The summed E-state index contributed by atoms with van der Waals surface area (Å²) < 4.78 is 0. The van der Waals surface area contributed by atoms with Gasteiger partial charge in [0, 0.05) is 6.54 Å². The maximum absolute atomic E-state index is 10.9. The molecule has 0 radical (unpaired) electrons. The summed E-state index contributed by atoms with van der Waals surface area (Å²) in [5, 5.41) is 14.2. The molecule has 2 atom stereocenters. The van der Waals surface area contributed by atoms with Crippen LogP contribution >= 0.6 is 24.8 Å². The van der Waals surface area contributed by atoms with Gasteiger partial charge in [0.15, 0.2) is 0 Å². The molecule has 0 aliphatic carbocycles. The Morgan fingerprint density at radius 2 is 1.83 bits per heavy atom. The van der Waals surface area contributed by atoms with E-state index in [-0.39, 0.29) is 30.9 Å². The number of rotatable bonds is 2. The summed E-state index contributed by atoms with van der Waals surface area (Å²) in [7, 11) is 4.04. The van der Waals surface area contributed by atoms with Gasteiger partial charge in [-0.2, -0.15) is 0 Å². The van der Waals surface area contributed by atoms with Crippen LogP contribution in [0.25, 0.3) is 0 Å². The number of hydrogen-bond donors (Lipinski definition) is 2. The molecule has 1 aromatic carbocycles. The van der Waals surface area contributed by atoms with E-state index < -0.39 is 5.60 Å². The molecule has 104 valence electrons. The zero-order chi connectivity index (χ0) is 11.6. The first kappa shape index (κ1) is 17.7. The molecule has 1 fully saturated rings. The van der Waals surface area contributed by atoms with Crippen LogP contribution in [0.3, 0.4) is 0 Å². The van der Waals surface area contributed by atoms with Gasteiger partial charge in [0.05, 0.1) is 6.04 Å². The molecule has 18 heavy (non-hydrogen) atoms. The third kappa shape index (κ3) is 3.37. The number of likely N-dealkylation sites (N-methyl/N-ethyl adjacent to an activating group) is 1. The fourth-order valence-electron chi connectivity index (χ4n) is 2.53. The van der Waals surface area contributed by atoms with E-state index in [9.17, 15) is 5.11 Å². The average molecular weight is 293 g/mol. The minimum Gasteiger partial charge on any atom is -0.383 e. The maximum Gasteiger partial charge on any atom is 0.107 e. The van der Waals surface area contributed by atoms with Crippen LogP contribution in [0.4, 0.5) is 0 Å². The van der Waals surface area contributed by atoms with Crippen LogP contribution in [0.2, 0.25) is 0 Å². The predicted molar refractivity (Wildman–Crippen MR) is 79.8 cm³/mol. The summed E-state index contributed by atoms with van der Waals surface area (Å²) in [6, 6.07) is 10.1. The normalized spacial score (nSPS) is 27.2. The minimum absolute atomic E-state index is 0. The van der Waals surface area contributed by atoms with Gasteiger partial charge in [-0.3, -0.25) is 0 Å². The zero-order valence-corrected chi connectivity index (χ0v) is 12.4. The molecule has 1 aliphatic heterocycles. The van der Waals surface area contributed by atoms with Crippen LogP contribution in [0, 0.1) is 0 Å². The van der Waals surface area contributed by atoms with E-state index in [0.717, 1.165) is 25.1 Å². The Morgan fingerprint density at radius 1 is 1.22 bits per heavy atom. The lowest BCUT2D eigenvalue weighted by Crippen LogP contribution is -2.57. The van der Waals surface area contributed by atoms with Gasteiger partial charge < -0.3 is 15.3 Å². The fraction of sp³-hybridized carbons (Fsp3) is 0.538. The first-order valence-corrected chi connectivity index (χ1v) is 5.79. The van der Waals surface area contributed by atoms with Gasteiger partial charge >= 0.3 is 0 Å². The van der Waals surface area contributed by atoms with Crippen molar-refractivity contribution in [2.45, 2.75) is 18.1 Å². The Morgan fingerprint density at radius 3 is 2.39 bits per heavy atom. The molecule has 2 N–H and O–H groups in total. The van der Waals surface area contributed by atoms with Crippen molar-refractivity contribution in [3.05, 3.63) is 35.9 Å². The van der Waals surface area contributed by atoms with Gasteiger partial charge in [0.2, 0.25) is 0 Å². The lowest BCUT2D eigenvalue weighted by molar-refractivity contribution is -0.0586. The second-order valence-corrected chi connectivity index (χ2v) is 4.72. The fourth-order valence-corrected chi connectivity index (χ4v) is 2.53. The van der Waals surface area contributed by atoms with Crippen LogP contribution in [-0.2, 0) is 5.60 Å². The smallest absolute Gasteiger partial charge is 0.107 e. The van der Waals surface area contributed by atoms with E-state index >= 15 is 0 Å². The highest BCUT2D eigenvalue weighted by molar-refractivity contribution is 5.85. The first-order chi connectivity index (χ1) is 7.64.